The second kappa shape index (κ2) is 11.7. The van der Waals surface area contributed by atoms with Gasteiger partial charge in [-0.3, -0.25) is 14.4 Å². The summed E-state index contributed by atoms with van der Waals surface area (Å²) >= 11 is 0. The summed E-state index contributed by atoms with van der Waals surface area (Å²) in [5.41, 5.74) is 0.792. The standard InChI is InChI=1S/C34H42N2O6/c1-22(2)28-19-29-34(33(39)40-3,31(42-28)25-11-12-25)20-26(32(38)36(29)21-27-10-7-17-41-27)18-30(37)35-15-13-24(14-16-35)23-8-5-4-6-9-23/h4-10,17,19,22,24-26,28,31H,11-16,18,20-21H2,1-3H3/t26-,28+,31+,34+/m0/s1. The molecule has 4 aliphatic rings. The number of benzene rings is 1. The van der Waals surface area contributed by atoms with Crippen LogP contribution >= 0.6 is 0 Å². The summed E-state index contributed by atoms with van der Waals surface area (Å²) in [6, 6.07) is 14.1. The minimum atomic E-state index is -1.16. The Kier molecular flexibility index (Phi) is 8.01. The van der Waals surface area contributed by atoms with Crippen LogP contribution in [0, 0.1) is 23.2 Å². The van der Waals surface area contributed by atoms with Crippen molar-refractivity contribution in [2.45, 2.75) is 77.0 Å². The molecule has 3 aliphatic heterocycles. The molecular weight excluding hydrogens is 532 g/mol. The summed E-state index contributed by atoms with van der Waals surface area (Å²) < 4.78 is 17.8. The molecule has 2 aromatic rings. The van der Waals surface area contributed by atoms with Crippen molar-refractivity contribution < 1.29 is 28.3 Å². The average molecular weight is 575 g/mol. The number of methoxy groups -OCH3 is 1. The summed E-state index contributed by atoms with van der Waals surface area (Å²) in [4.78, 5) is 45.5. The van der Waals surface area contributed by atoms with Crippen LogP contribution in [0.1, 0.15) is 69.6 Å². The SMILES string of the molecule is COC(=O)[C@]12C[C@H](CC(=O)N3CCC(c4ccccc4)CC3)C(=O)N(Cc3ccco3)C1=C[C@H](C(C)C)O[C@@H]2C1CC1. The van der Waals surface area contributed by atoms with E-state index in [4.69, 9.17) is 13.9 Å². The van der Waals surface area contributed by atoms with Crippen molar-refractivity contribution >= 4 is 17.8 Å². The third kappa shape index (κ3) is 5.30. The van der Waals surface area contributed by atoms with E-state index in [1.807, 2.05) is 23.1 Å². The zero-order chi connectivity index (χ0) is 29.4. The maximum Gasteiger partial charge on any atom is 0.320 e. The van der Waals surface area contributed by atoms with Gasteiger partial charge >= 0.3 is 5.97 Å². The number of amides is 2. The Labute approximate surface area is 248 Å². The first-order chi connectivity index (χ1) is 20.3. The number of rotatable bonds is 8. The second-order valence-corrected chi connectivity index (χ2v) is 12.8. The quantitative estimate of drug-likeness (QED) is 0.398. The summed E-state index contributed by atoms with van der Waals surface area (Å²) in [6.45, 7) is 5.67. The van der Waals surface area contributed by atoms with Crippen LogP contribution in [-0.2, 0) is 30.4 Å². The lowest BCUT2D eigenvalue weighted by molar-refractivity contribution is -0.182. The van der Waals surface area contributed by atoms with Gasteiger partial charge in [-0.05, 0) is 73.6 Å². The van der Waals surface area contributed by atoms with Crippen molar-refractivity contribution in [1.82, 2.24) is 9.80 Å². The molecule has 4 heterocycles. The van der Waals surface area contributed by atoms with Gasteiger partial charge in [0.25, 0.3) is 0 Å². The first kappa shape index (κ1) is 28.7. The Bertz CT molecular complexity index is 1310. The fraction of sp³-hybridized carbons (Fsp3) is 0.559. The van der Waals surface area contributed by atoms with Crippen LogP contribution < -0.4 is 0 Å². The van der Waals surface area contributed by atoms with Crippen molar-refractivity contribution in [2.75, 3.05) is 20.2 Å². The molecule has 6 rings (SSSR count). The van der Waals surface area contributed by atoms with Crippen molar-refractivity contribution in [3.8, 4) is 0 Å². The fourth-order valence-electron chi connectivity index (χ4n) is 7.30. The van der Waals surface area contributed by atoms with E-state index in [1.165, 1.54) is 12.7 Å². The van der Waals surface area contributed by atoms with Crippen LogP contribution in [0.5, 0.6) is 0 Å². The number of piperidine rings is 2. The summed E-state index contributed by atoms with van der Waals surface area (Å²) in [7, 11) is 1.40. The number of fused-ring (bicyclic) bond motifs is 1. The highest BCUT2D eigenvalue weighted by molar-refractivity contribution is 5.93. The van der Waals surface area contributed by atoms with Crippen LogP contribution in [0.4, 0.5) is 0 Å². The molecule has 2 saturated heterocycles. The van der Waals surface area contributed by atoms with Gasteiger partial charge in [-0.2, -0.15) is 0 Å². The van der Waals surface area contributed by atoms with E-state index in [9.17, 15) is 14.4 Å². The predicted octanol–water partition coefficient (Wildman–Crippen LogP) is 5.30. The predicted molar refractivity (Wildman–Crippen MR) is 156 cm³/mol. The molecule has 1 aromatic carbocycles. The molecule has 0 radical (unpaired) electrons. The van der Waals surface area contributed by atoms with E-state index in [-0.39, 0.29) is 49.1 Å². The van der Waals surface area contributed by atoms with Gasteiger partial charge in [0, 0.05) is 31.1 Å². The first-order valence-electron chi connectivity index (χ1n) is 15.4. The monoisotopic (exact) mass is 574 g/mol. The Balaban J connectivity index is 1.29. The molecule has 0 spiro atoms. The molecule has 0 bridgehead atoms. The number of furan rings is 1. The minimum Gasteiger partial charge on any atom is -0.468 e. The molecule has 42 heavy (non-hydrogen) atoms. The van der Waals surface area contributed by atoms with Gasteiger partial charge in [-0.1, -0.05) is 44.2 Å². The molecule has 224 valence electrons. The number of ether oxygens (including phenoxy) is 2. The van der Waals surface area contributed by atoms with Gasteiger partial charge in [0.1, 0.15) is 11.2 Å². The van der Waals surface area contributed by atoms with Gasteiger partial charge in [0.2, 0.25) is 11.8 Å². The molecule has 2 amide bonds. The lowest BCUT2D eigenvalue weighted by Crippen LogP contribution is -2.61. The van der Waals surface area contributed by atoms with Crippen molar-refractivity contribution in [1.29, 1.82) is 0 Å². The van der Waals surface area contributed by atoms with Crippen molar-refractivity contribution in [2.24, 2.45) is 23.2 Å². The summed E-state index contributed by atoms with van der Waals surface area (Å²) in [5, 5.41) is 0. The van der Waals surface area contributed by atoms with Crippen LogP contribution in [0.3, 0.4) is 0 Å². The van der Waals surface area contributed by atoms with Crippen molar-refractivity contribution in [3.63, 3.8) is 0 Å². The number of hydrogen-bond donors (Lipinski definition) is 0. The summed E-state index contributed by atoms with van der Waals surface area (Å²) in [5.74, 6) is 0.163. The second-order valence-electron chi connectivity index (χ2n) is 12.8. The van der Waals surface area contributed by atoms with Crippen LogP contribution in [0.2, 0.25) is 0 Å². The van der Waals surface area contributed by atoms with Gasteiger partial charge in [0.05, 0.1) is 32.1 Å². The Morgan fingerprint density at radius 1 is 1.05 bits per heavy atom. The number of hydrogen-bond acceptors (Lipinski definition) is 6. The number of carbonyl (C=O) groups is 3. The topological polar surface area (TPSA) is 89.3 Å². The molecule has 1 aliphatic carbocycles. The largest absolute Gasteiger partial charge is 0.468 e. The van der Waals surface area contributed by atoms with E-state index in [2.05, 4.69) is 38.1 Å². The average Bonchev–Trinajstić information content (AvgIpc) is 3.73. The third-order valence-electron chi connectivity index (χ3n) is 9.73. The normalized spacial score (nSPS) is 28.4. The third-order valence-corrected chi connectivity index (χ3v) is 9.73. The van der Waals surface area contributed by atoms with Crippen molar-refractivity contribution in [3.05, 3.63) is 71.8 Å². The Morgan fingerprint density at radius 2 is 1.79 bits per heavy atom. The van der Waals surface area contributed by atoms with Gasteiger partial charge < -0.3 is 23.7 Å². The first-order valence-corrected chi connectivity index (χ1v) is 15.4. The number of nitrogens with zero attached hydrogens (tertiary/aromatic N) is 2. The highest BCUT2D eigenvalue weighted by atomic mass is 16.5. The molecule has 4 atom stereocenters. The van der Waals surface area contributed by atoms with Crippen LogP contribution in [-0.4, -0.2) is 60.0 Å². The van der Waals surface area contributed by atoms with Crippen LogP contribution in [0.15, 0.2) is 64.9 Å². The molecular formula is C34H42N2O6. The maximum absolute atomic E-state index is 14.3. The van der Waals surface area contributed by atoms with Gasteiger partial charge in [-0.15, -0.1) is 0 Å². The molecule has 1 aromatic heterocycles. The molecule has 1 saturated carbocycles. The molecule has 0 unspecified atom stereocenters. The molecule has 3 fully saturated rings. The van der Waals surface area contributed by atoms with E-state index >= 15 is 0 Å². The Morgan fingerprint density at radius 3 is 2.40 bits per heavy atom. The zero-order valence-corrected chi connectivity index (χ0v) is 24.9. The van der Waals surface area contributed by atoms with E-state index in [0.717, 1.165) is 25.7 Å². The minimum absolute atomic E-state index is 0.0370. The lowest BCUT2D eigenvalue weighted by Gasteiger charge is -2.53. The zero-order valence-electron chi connectivity index (χ0n) is 24.9. The number of carbonyl (C=O) groups excluding carboxylic acids is 3. The molecule has 8 nitrogen and oxygen atoms in total. The number of esters is 1. The number of likely N-dealkylation sites (tertiary alicyclic amines) is 2. The van der Waals surface area contributed by atoms with Crippen LogP contribution in [0.25, 0.3) is 0 Å². The molecule has 8 heteroatoms. The Hall–Kier alpha value is -3.39. The maximum atomic E-state index is 14.3. The molecule has 0 N–H and O–H groups in total. The van der Waals surface area contributed by atoms with E-state index < -0.39 is 23.4 Å². The van der Waals surface area contributed by atoms with Gasteiger partial charge in [0.15, 0.2) is 0 Å². The van der Waals surface area contributed by atoms with E-state index in [1.54, 1.807) is 17.2 Å². The van der Waals surface area contributed by atoms with E-state index in [0.29, 0.717) is 30.5 Å². The summed E-state index contributed by atoms with van der Waals surface area (Å²) in [6.07, 6.45) is 6.87. The highest BCUT2D eigenvalue weighted by Gasteiger charge is 2.64. The highest BCUT2D eigenvalue weighted by Crippen LogP contribution is 2.56. The lowest BCUT2D eigenvalue weighted by atomic mass is 9.64. The fourth-order valence-corrected chi connectivity index (χ4v) is 7.30. The smallest absolute Gasteiger partial charge is 0.320 e. The van der Waals surface area contributed by atoms with Gasteiger partial charge in [-0.25, -0.2) is 0 Å².